The SMILES string of the molecule is Nc1nc(-c2c[nH]c3cccc(CO)c23)co1. The molecule has 0 spiro atoms. The zero-order valence-corrected chi connectivity index (χ0v) is 8.97. The van der Waals surface area contributed by atoms with Gasteiger partial charge in [0, 0.05) is 22.7 Å². The van der Waals surface area contributed by atoms with Crippen LogP contribution in [0.2, 0.25) is 0 Å². The van der Waals surface area contributed by atoms with Gasteiger partial charge in [0.2, 0.25) is 0 Å². The van der Waals surface area contributed by atoms with Gasteiger partial charge in [-0.2, -0.15) is 4.98 Å². The number of aromatic nitrogens is 2. The topological polar surface area (TPSA) is 88.1 Å². The number of anilines is 1. The summed E-state index contributed by atoms with van der Waals surface area (Å²) in [7, 11) is 0. The lowest BCUT2D eigenvalue weighted by Crippen LogP contribution is -1.86. The molecule has 0 aliphatic carbocycles. The van der Waals surface area contributed by atoms with Crippen LogP contribution in [-0.4, -0.2) is 15.1 Å². The molecule has 5 heteroatoms. The lowest BCUT2D eigenvalue weighted by atomic mass is 10.1. The molecule has 0 saturated heterocycles. The molecule has 0 aliphatic rings. The Labute approximate surface area is 96.9 Å². The Morgan fingerprint density at radius 3 is 3.00 bits per heavy atom. The second-order valence-electron chi connectivity index (χ2n) is 3.77. The van der Waals surface area contributed by atoms with Crippen LogP contribution in [0.4, 0.5) is 6.01 Å². The lowest BCUT2D eigenvalue weighted by Gasteiger charge is -2.00. The second kappa shape index (κ2) is 3.64. The second-order valence-corrected chi connectivity index (χ2v) is 3.77. The average molecular weight is 229 g/mol. The molecule has 1 aromatic carbocycles. The van der Waals surface area contributed by atoms with Crippen LogP contribution in [0.5, 0.6) is 0 Å². The highest BCUT2D eigenvalue weighted by Crippen LogP contribution is 2.31. The van der Waals surface area contributed by atoms with E-state index in [1.165, 1.54) is 6.26 Å². The largest absolute Gasteiger partial charge is 0.432 e. The number of hydrogen-bond acceptors (Lipinski definition) is 4. The first kappa shape index (κ1) is 9.92. The quantitative estimate of drug-likeness (QED) is 0.626. The number of aromatic amines is 1. The van der Waals surface area contributed by atoms with E-state index in [9.17, 15) is 5.11 Å². The molecule has 2 aromatic heterocycles. The monoisotopic (exact) mass is 229 g/mol. The van der Waals surface area contributed by atoms with Crippen molar-refractivity contribution in [2.75, 3.05) is 5.73 Å². The lowest BCUT2D eigenvalue weighted by molar-refractivity contribution is 0.283. The Balaban J connectivity index is 2.30. The van der Waals surface area contributed by atoms with E-state index >= 15 is 0 Å². The van der Waals surface area contributed by atoms with E-state index in [2.05, 4.69) is 9.97 Å². The van der Waals surface area contributed by atoms with Crippen molar-refractivity contribution in [2.24, 2.45) is 0 Å². The molecule has 0 saturated carbocycles. The van der Waals surface area contributed by atoms with Crippen LogP contribution < -0.4 is 5.73 Å². The van der Waals surface area contributed by atoms with Crippen molar-refractivity contribution < 1.29 is 9.52 Å². The summed E-state index contributed by atoms with van der Waals surface area (Å²) in [5.74, 6) is 0. The number of benzene rings is 1. The first-order valence-electron chi connectivity index (χ1n) is 5.21. The Kier molecular flexibility index (Phi) is 2.12. The van der Waals surface area contributed by atoms with Gasteiger partial charge >= 0.3 is 0 Å². The first-order valence-corrected chi connectivity index (χ1v) is 5.21. The molecule has 17 heavy (non-hydrogen) atoms. The number of H-pyrrole nitrogens is 1. The summed E-state index contributed by atoms with van der Waals surface area (Å²) in [6.45, 7) is -0.0183. The molecule has 86 valence electrons. The summed E-state index contributed by atoms with van der Waals surface area (Å²) in [6, 6.07) is 5.85. The molecule has 5 nitrogen and oxygen atoms in total. The minimum Gasteiger partial charge on any atom is -0.432 e. The van der Waals surface area contributed by atoms with E-state index in [1.54, 1.807) is 0 Å². The minimum absolute atomic E-state index is 0.0183. The zero-order chi connectivity index (χ0) is 11.8. The van der Waals surface area contributed by atoms with Gasteiger partial charge in [0.25, 0.3) is 6.01 Å². The molecule has 0 amide bonds. The number of hydrogen-bond donors (Lipinski definition) is 3. The third kappa shape index (κ3) is 1.48. The van der Waals surface area contributed by atoms with Crippen molar-refractivity contribution in [2.45, 2.75) is 6.61 Å². The number of oxazole rings is 1. The molecular weight excluding hydrogens is 218 g/mol. The Bertz CT molecular complexity index is 669. The molecule has 0 atom stereocenters. The maximum Gasteiger partial charge on any atom is 0.292 e. The highest BCUT2D eigenvalue weighted by molar-refractivity contribution is 5.97. The van der Waals surface area contributed by atoms with Crippen molar-refractivity contribution in [1.29, 1.82) is 0 Å². The van der Waals surface area contributed by atoms with Crippen molar-refractivity contribution in [1.82, 2.24) is 9.97 Å². The number of nitrogens with zero attached hydrogens (tertiary/aromatic N) is 1. The standard InChI is InChI=1S/C12H11N3O2/c13-12-15-10(6-17-12)8-4-14-9-3-1-2-7(5-16)11(8)9/h1-4,6,14,16H,5H2,(H2,13,15). The average Bonchev–Trinajstić information content (AvgIpc) is 2.94. The smallest absolute Gasteiger partial charge is 0.292 e. The van der Waals surface area contributed by atoms with Crippen LogP contribution in [0, 0.1) is 0 Å². The predicted molar refractivity (Wildman–Crippen MR) is 64.1 cm³/mol. The number of nitrogens with two attached hydrogens (primary N) is 1. The van der Waals surface area contributed by atoms with Crippen LogP contribution >= 0.6 is 0 Å². The van der Waals surface area contributed by atoms with E-state index < -0.39 is 0 Å². The summed E-state index contributed by atoms with van der Waals surface area (Å²) in [4.78, 5) is 7.23. The summed E-state index contributed by atoms with van der Waals surface area (Å²) in [5, 5.41) is 10.3. The van der Waals surface area contributed by atoms with E-state index in [0.29, 0.717) is 5.69 Å². The number of aliphatic hydroxyl groups excluding tert-OH is 1. The third-order valence-corrected chi connectivity index (χ3v) is 2.76. The van der Waals surface area contributed by atoms with Gasteiger partial charge in [-0.1, -0.05) is 12.1 Å². The van der Waals surface area contributed by atoms with Crippen molar-refractivity contribution in [3.05, 3.63) is 36.2 Å². The van der Waals surface area contributed by atoms with Gasteiger partial charge in [-0.05, 0) is 11.6 Å². The third-order valence-electron chi connectivity index (χ3n) is 2.76. The Morgan fingerprint density at radius 1 is 1.41 bits per heavy atom. The normalized spacial score (nSPS) is 11.1. The van der Waals surface area contributed by atoms with Crippen molar-refractivity contribution >= 4 is 16.9 Å². The minimum atomic E-state index is -0.0183. The fourth-order valence-electron chi connectivity index (χ4n) is 2.01. The maximum absolute atomic E-state index is 9.35. The molecule has 0 bridgehead atoms. The number of fused-ring (bicyclic) bond motifs is 1. The summed E-state index contributed by atoms with van der Waals surface area (Å²) < 4.78 is 5.00. The van der Waals surface area contributed by atoms with Gasteiger partial charge in [-0.3, -0.25) is 0 Å². The Morgan fingerprint density at radius 2 is 2.29 bits per heavy atom. The molecule has 0 radical (unpaired) electrons. The first-order chi connectivity index (χ1) is 8.29. The Hall–Kier alpha value is -2.27. The summed E-state index contributed by atoms with van der Waals surface area (Å²) in [5.41, 5.74) is 8.80. The van der Waals surface area contributed by atoms with Gasteiger partial charge in [-0.15, -0.1) is 0 Å². The molecule has 2 heterocycles. The van der Waals surface area contributed by atoms with Crippen LogP contribution in [0.15, 0.2) is 35.1 Å². The molecule has 0 unspecified atom stereocenters. The van der Waals surface area contributed by atoms with Gasteiger partial charge in [0.15, 0.2) is 0 Å². The van der Waals surface area contributed by atoms with Gasteiger partial charge in [-0.25, -0.2) is 0 Å². The molecule has 4 N–H and O–H groups in total. The van der Waals surface area contributed by atoms with Crippen molar-refractivity contribution in [3.63, 3.8) is 0 Å². The predicted octanol–water partition coefficient (Wildman–Crippen LogP) is 1.90. The molecule has 0 fully saturated rings. The number of rotatable bonds is 2. The molecule has 3 aromatic rings. The van der Waals surface area contributed by atoms with E-state index in [4.69, 9.17) is 10.2 Å². The highest BCUT2D eigenvalue weighted by Gasteiger charge is 2.12. The number of nitrogen functional groups attached to an aromatic ring is 1. The van der Waals surface area contributed by atoms with E-state index in [1.807, 2.05) is 24.4 Å². The number of aliphatic hydroxyl groups is 1. The van der Waals surface area contributed by atoms with Gasteiger partial charge in [0.1, 0.15) is 12.0 Å². The highest BCUT2D eigenvalue weighted by atomic mass is 16.4. The van der Waals surface area contributed by atoms with E-state index in [0.717, 1.165) is 22.0 Å². The summed E-state index contributed by atoms with van der Waals surface area (Å²) in [6.07, 6.45) is 3.34. The number of nitrogens with one attached hydrogen (secondary N) is 1. The van der Waals surface area contributed by atoms with Crippen LogP contribution in [0.25, 0.3) is 22.2 Å². The fraction of sp³-hybridized carbons (Fsp3) is 0.0833. The van der Waals surface area contributed by atoms with Crippen LogP contribution in [0.1, 0.15) is 5.56 Å². The summed E-state index contributed by atoms with van der Waals surface area (Å²) >= 11 is 0. The van der Waals surface area contributed by atoms with E-state index in [-0.39, 0.29) is 12.6 Å². The van der Waals surface area contributed by atoms with Crippen LogP contribution in [-0.2, 0) is 6.61 Å². The molecular formula is C12H11N3O2. The zero-order valence-electron chi connectivity index (χ0n) is 8.97. The molecule has 0 aliphatic heterocycles. The fourth-order valence-corrected chi connectivity index (χ4v) is 2.01. The van der Waals surface area contributed by atoms with Crippen LogP contribution in [0.3, 0.4) is 0 Å². The van der Waals surface area contributed by atoms with Gasteiger partial charge < -0.3 is 20.2 Å². The van der Waals surface area contributed by atoms with Gasteiger partial charge in [0.05, 0.1) is 6.61 Å². The van der Waals surface area contributed by atoms with Crippen molar-refractivity contribution in [3.8, 4) is 11.3 Å². The molecule has 3 rings (SSSR count). The maximum atomic E-state index is 9.35.